The molecule has 0 saturated heterocycles. The number of ether oxygens (including phenoxy) is 2. The predicted molar refractivity (Wildman–Crippen MR) is 83.9 cm³/mol. The van der Waals surface area contributed by atoms with E-state index >= 15 is 0 Å². The Kier molecular flexibility index (Phi) is 11.6. The third-order valence-corrected chi connectivity index (χ3v) is 3.06. The summed E-state index contributed by atoms with van der Waals surface area (Å²) in [6, 6.07) is 0. The molecular formula is C17H30O4. The minimum atomic E-state index is -0.356. The lowest BCUT2D eigenvalue weighted by atomic mass is 10.1. The van der Waals surface area contributed by atoms with Gasteiger partial charge in [-0.1, -0.05) is 38.7 Å². The highest BCUT2D eigenvalue weighted by atomic mass is 16.5. The van der Waals surface area contributed by atoms with Gasteiger partial charge >= 0.3 is 11.9 Å². The summed E-state index contributed by atoms with van der Waals surface area (Å²) in [5, 5.41) is 0. The van der Waals surface area contributed by atoms with Crippen molar-refractivity contribution < 1.29 is 19.1 Å². The van der Waals surface area contributed by atoms with Crippen LogP contribution in [0.1, 0.15) is 72.6 Å². The largest absolute Gasteiger partial charge is 0.462 e. The van der Waals surface area contributed by atoms with Crippen LogP contribution in [0.4, 0.5) is 0 Å². The number of carbonyl (C=O) groups is 2. The Morgan fingerprint density at radius 3 is 2.24 bits per heavy atom. The van der Waals surface area contributed by atoms with Gasteiger partial charge in [0, 0.05) is 0 Å². The summed E-state index contributed by atoms with van der Waals surface area (Å²) in [6.45, 7) is 8.34. The molecule has 122 valence electrons. The highest BCUT2D eigenvalue weighted by Crippen LogP contribution is 2.12. The molecule has 1 unspecified atom stereocenters. The smallest absolute Gasteiger partial charge is 0.306 e. The Bertz CT molecular complexity index is 330. The molecule has 0 aliphatic carbocycles. The van der Waals surface area contributed by atoms with Gasteiger partial charge in [-0.25, -0.2) is 0 Å². The second-order valence-corrected chi connectivity index (χ2v) is 5.51. The topological polar surface area (TPSA) is 52.6 Å². The second-order valence-electron chi connectivity index (χ2n) is 5.51. The van der Waals surface area contributed by atoms with Gasteiger partial charge in [0.2, 0.25) is 0 Å². The lowest BCUT2D eigenvalue weighted by Crippen LogP contribution is -2.19. The Morgan fingerprint density at radius 2 is 1.67 bits per heavy atom. The molecule has 0 saturated carbocycles. The van der Waals surface area contributed by atoms with E-state index < -0.39 is 0 Å². The average molecular weight is 298 g/mol. The quantitative estimate of drug-likeness (QED) is 0.424. The van der Waals surface area contributed by atoms with Crippen LogP contribution in [0.5, 0.6) is 0 Å². The van der Waals surface area contributed by atoms with E-state index in [4.69, 9.17) is 9.47 Å². The fraction of sp³-hybridized carbons (Fsp3) is 0.765. The summed E-state index contributed by atoms with van der Waals surface area (Å²) in [5.74, 6) is -0.659. The summed E-state index contributed by atoms with van der Waals surface area (Å²) in [4.78, 5) is 23.2. The van der Waals surface area contributed by atoms with Crippen LogP contribution in [0.2, 0.25) is 0 Å². The molecule has 0 fully saturated rings. The van der Waals surface area contributed by atoms with Gasteiger partial charge in [0.15, 0.2) is 0 Å². The molecule has 0 radical (unpaired) electrons. The Hall–Kier alpha value is -1.32. The highest BCUT2D eigenvalue weighted by molar-refractivity contribution is 5.77. The number of carbonyl (C=O) groups excluding carboxylic acids is 2. The highest BCUT2D eigenvalue weighted by Gasteiger charge is 2.15. The molecule has 4 heteroatoms. The molecule has 4 nitrogen and oxygen atoms in total. The van der Waals surface area contributed by atoms with Crippen LogP contribution in [0, 0.1) is 0 Å². The first-order valence-electron chi connectivity index (χ1n) is 7.98. The van der Waals surface area contributed by atoms with Gasteiger partial charge in [0.1, 0.15) is 12.7 Å². The summed E-state index contributed by atoms with van der Waals surface area (Å²) in [6.07, 6.45) is 6.94. The molecule has 1 atom stereocenters. The maximum atomic E-state index is 11.7. The van der Waals surface area contributed by atoms with Gasteiger partial charge in [0.05, 0.1) is 12.8 Å². The number of hydrogen-bond donors (Lipinski definition) is 0. The molecule has 0 aromatic rings. The molecule has 0 aliphatic heterocycles. The normalized spacial score (nSPS) is 11.6. The molecule has 0 heterocycles. The van der Waals surface area contributed by atoms with Crippen LogP contribution >= 0.6 is 0 Å². The van der Waals surface area contributed by atoms with E-state index in [9.17, 15) is 9.59 Å². The number of hydrogen-bond acceptors (Lipinski definition) is 4. The van der Waals surface area contributed by atoms with Crippen LogP contribution in [0.15, 0.2) is 11.6 Å². The maximum Gasteiger partial charge on any atom is 0.306 e. The second kappa shape index (κ2) is 12.4. The van der Waals surface area contributed by atoms with Crippen molar-refractivity contribution in [1.29, 1.82) is 0 Å². The monoisotopic (exact) mass is 298 g/mol. The van der Waals surface area contributed by atoms with Crippen molar-refractivity contribution in [3.8, 4) is 0 Å². The van der Waals surface area contributed by atoms with Gasteiger partial charge in [-0.2, -0.15) is 0 Å². The number of allylic oxidation sites excluding steroid dienone is 1. The molecular weight excluding hydrogens is 268 g/mol. The van der Waals surface area contributed by atoms with E-state index in [2.05, 4.69) is 13.8 Å². The van der Waals surface area contributed by atoms with Gasteiger partial charge in [-0.3, -0.25) is 9.59 Å². The lowest BCUT2D eigenvalue weighted by Gasteiger charge is -2.16. The molecule has 0 spiro atoms. The first-order chi connectivity index (χ1) is 9.99. The summed E-state index contributed by atoms with van der Waals surface area (Å²) >= 11 is 0. The van der Waals surface area contributed by atoms with Crippen LogP contribution in [-0.2, 0) is 19.1 Å². The first kappa shape index (κ1) is 19.7. The zero-order valence-electron chi connectivity index (χ0n) is 13.9. The summed E-state index contributed by atoms with van der Waals surface area (Å²) < 4.78 is 10.4. The number of esters is 2. The number of unbranched alkanes of at least 4 members (excludes halogenated alkanes) is 1. The van der Waals surface area contributed by atoms with Crippen molar-refractivity contribution in [2.24, 2.45) is 0 Å². The zero-order valence-corrected chi connectivity index (χ0v) is 13.9. The first-order valence-corrected chi connectivity index (χ1v) is 7.98. The van der Waals surface area contributed by atoms with Crippen LogP contribution in [0.25, 0.3) is 0 Å². The van der Waals surface area contributed by atoms with Gasteiger partial charge < -0.3 is 9.47 Å². The molecule has 0 aromatic carbocycles. The fourth-order valence-corrected chi connectivity index (χ4v) is 1.84. The SMILES string of the molecule is CCCCC(CCC)OC(=O)CCC(=O)OCC=C(C)C. The third-order valence-electron chi connectivity index (χ3n) is 3.06. The van der Waals surface area contributed by atoms with Crippen molar-refractivity contribution >= 4 is 11.9 Å². The van der Waals surface area contributed by atoms with E-state index in [-0.39, 0.29) is 37.5 Å². The van der Waals surface area contributed by atoms with Crippen molar-refractivity contribution in [1.82, 2.24) is 0 Å². The van der Waals surface area contributed by atoms with Crippen molar-refractivity contribution in [2.75, 3.05) is 6.61 Å². The Balaban J connectivity index is 3.94. The van der Waals surface area contributed by atoms with Crippen LogP contribution < -0.4 is 0 Å². The van der Waals surface area contributed by atoms with E-state index in [0.717, 1.165) is 37.7 Å². The van der Waals surface area contributed by atoms with Crippen LogP contribution in [0.3, 0.4) is 0 Å². The van der Waals surface area contributed by atoms with Crippen molar-refractivity contribution in [3.63, 3.8) is 0 Å². The van der Waals surface area contributed by atoms with Gasteiger partial charge in [-0.05, 0) is 32.8 Å². The average Bonchev–Trinajstić information content (AvgIpc) is 2.42. The third kappa shape index (κ3) is 12.2. The predicted octanol–water partition coefficient (Wildman–Crippen LogP) is 4.18. The molecule has 0 N–H and O–H groups in total. The van der Waals surface area contributed by atoms with Gasteiger partial charge in [0.25, 0.3) is 0 Å². The van der Waals surface area contributed by atoms with E-state index in [1.807, 2.05) is 19.9 Å². The van der Waals surface area contributed by atoms with E-state index in [1.54, 1.807) is 0 Å². The molecule has 0 bridgehead atoms. The molecule has 0 aliphatic rings. The molecule has 0 rings (SSSR count). The summed E-state index contributed by atoms with van der Waals surface area (Å²) in [5.41, 5.74) is 1.10. The van der Waals surface area contributed by atoms with E-state index in [1.165, 1.54) is 0 Å². The minimum Gasteiger partial charge on any atom is -0.462 e. The maximum absolute atomic E-state index is 11.7. The molecule has 21 heavy (non-hydrogen) atoms. The zero-order chi connectivity index (χ0) is 16.1. The van der Waals surface area contributed by atoms with Gasteiger partial charge in [-0.15, -0.1) is 0 Å². The van der Waals surface area contributed by atoms with Crippen molar-refractivity contribution in [2.45, 2.75) is 78.7 Å². The number of rotatable bonds is 11. The van der Waals surface area contributed by atoms with Crippen LogP contribution in [-0.4, -0.2) is 24.6 Å². The summed E-state index contributed by atoms with van der Waals surface area (Å²) in [7, 11) is 0. The Morgan fingerprint density at radius 1 is 1.00 bits per heavy atom. The Labute approximate surface area is 128 Å². The van der Waals surface area contributed by atoms with E-state index in [0.29, 0.717) is 0 Å². The molecule has 0 aromatic heterocycles. The minimum absolute atomic E-state index is 0.0101. The molecule has 0 amide bonds. The van der Waals surface area contributed by atoms with Crippen molar-refractivity contribution in [3.05, 3.63) is 11.6 Å². The lowest BCUT2D eigenvalue weighted by molar-refractivity contribution is -0.153. The standard InChI is InChI=1S/C17H30O4/c1-5-7-9-15(8-6-2)21-17(19)11-10-16(18)20-13-12-14(3)4/h12,15H,5-11,13H2,1-4H3. The fourth-order valence-electron chi connectivity index (χ4n) is 1.84.